The largest absolute Gasteiger partial charge is 0.375 e. The Morgan fingerprint density at radius 3 is 2.61 bits per heavy atom. The third-order valence-corrected chi connectivity index (χ3v) is 4.71. The average Bonchev–Trinajstić information content (AvgIpc) is 3.43. The van der Waals surface area contributed by atoms with Crippen LogP contribution in [0.15, 0.2) is 30.6 Å². The van der Waals surface area contributed by atoms with Gasteiger partial charge in [0.15, 0.2) is 5.82 Å². The Morgan fingerprint density at radius 1 is 1.29 bits per heavy atom. The van der Waals surface area contributed by atoms with Crippen LogP contribution in [0, 0.1) is 23.2 Å². The third kappa shape index (κ3) is 4.43. The van der Waals surface area contributed by atoms with Crippen molar-refractivity contribution < 1.29 is 9.59 Å². The third-order valence-electron chi connectivity index (χ3n) is 4.71. The van der Waals surface area contributed by atoms with E-state index >= 15 is 0 Å². The van der Waals surface area contributed by atoms with Crippen molar-refractivity contribution in [3.8, 4) is 17.3 Å². The summed E-state index contributed by atoms with van der Waals surface area (Å²) in [4.78, 5) is 33.9. The van der Waals surface area contributed by atoms with Crippen LogP contribution >= 0.6 is 0 Å². The lowest BCUT2D eigenvalue weighted by Crippen LogP contribution is -2.28. The molecule has 1 aromatic carbocycles. The molecule has 28 heavy (non-hydrogen) atoms. The number of likely N-dealkylation sites (N-methyl/N-ethyl adjacent to an activating group) is 1. The lowest BCUT2D eigenvalue weighted by molar-refractivity contribution is -0.126. The van der Waals surface area contributed by atoms with Gasteiger partial charge in [0.2, 0.25) is 11.8 Å². The van der Waals surface area contributed by atoms with Gasteiger partial charge in [0.1, 0.15) is 6.07 Å². The second-order valence-electron chi connectivity index (χ2n) is 7.11. The predicted molar refractivity (Wildman–Crippen MR) is 105 cm³/mol. The van der Waals surface area contributed by atoms with Crippen LogP contribution in [0.2, 0.25) is 0 Å². The number of carbonyl (C=O) groups excluding carboxylic acids is 2. The van der Waals surface area contributed by atoms with Crippen LogP contribution in [0.3, 0.4) is 0 Å². The quantitative estimate of drug-likeness (QED) is 0.796. The van der Waals surface area contributed by atoms with Crippen molar-refractivity contribution in [2.45, 2.75) is 13.3 Å². The Morgan fingerprint density at radius 2 is 2.04 bits per heavy atom. The van der Waals surface area contributed by atoms with E-state index in [1.54, 1.807) is 38.5 Å². The van der Waals surface area contributed by atoms with Crippen molar-refractivity contribution in [2.24, 2.45) is 11.8 Å². The molecule has 0 bridgehead atoms. The molecule has 1 aliphatic rings. The highest BCUT2D eigenvalue weighted by atomic mass is 16.2. The minimum Gasteiger partial charge on any atom is -0.375 e. The minimum atomic E-state index is -0.0980. The van der Waals surface area contributed by atoms with Gasteiger partial charge in [-0.2, -0.15) is 5.26 Å². The highest BCUT2D eigenvalue weighted by Gasteiger charge is 2.39. The highest BCUT2D eigenvalue weighted by molar-refractivity contribution is 5.93. The van der Waals surface area contributed by atoms with Crippen molar-refractivity contribution in [1.29, 1.82) is 5.26 Å². The zero-order valence-corrected chi connectivity index (χ0v) is 16.1. The summed E-state index contributed by atoms with van der Waals surface area (Å²) < 4.78 is 0. The number of amides is 2. The molecule has 3 rings (SSSR count). The number of nitrogens with one attached hydrogen (secondary N) is 2. The van der Waals surface area contributed by atoms with E-state index in [-0.39, 0.29) is 24.3 Å². The van der Waals surface area contributed by atoms with Gasteiger partial charge >= 0.3 is 0 Å². The summed E-state index contributed by atoms with van der Waals surface area (Å²) in [6.07, 6.45) is 4.00. The molecule has 0 saturated heterocycles. The van der Waals surface area contributed by atoms with Crippen LogP contribution in [0.25, 0.3) is 11.3 Å². The summed E-state index contributed by atoms with van der Waals surface area (Å²) in [7, 11) is 3.34. The zero-order chi connectivity index (χ0) is 20.3. The fourth-order valence-corrected chi connectivity index (χ4v) is 2.72. The topological polar surface area (TPSA) is 111 Å². The molecule has 1 aliphatic carbocycles. The van der Waals surface area contributed by atoms with E-state index in [2.05, 4.69) is 26.7 Å². The van der Waals surface area contributed by atoms with E-state index in [1.165, 1.54) is 11.1 Å². The smallest absolute Gasteiger partial charge is 0.241 e. The van der Waals surface area contributed by atoms with E-state index in [9.17, 15) is 14.9 Å². The zero-order valence-electron chi connectivity index (χ0n) is 16.1. The first-order valence-electron chi connectivity index (χ1n) is 9.00. The number of hydrogen-bond donors (Lipinski definition) is 2. The molecule has 8 heteroatoms. The maximum Gasteiger partial charge on any atom is 0.241 e. The molecule has 2 atom stereocenters. The standard InChI is InChI=1S/C20H22N6O2/c1-12-6-15(12)20(28)25-18-10-22-17(9-24-18)13-4-5-14(8-21)16(7-13)23-11-19(27)26(2)3/h4-5,7,9-10,12,15,23H,6,11H2,1-3H3,(H,24,25,28). The Hall–Kier alpha value is -3.47. The van der Waals surface area contributed by atoms with Gasteiger partial charge in [-0.25, -0.2) is 4.98 Å². The van der Waals surface area contributed by atoms with Gasteiger partial charge in [0.25, 0.3) is 0 Å². The Kier molecular flexibility index (Phi) is 5.54. The summed E-state index contributed by atoms with van der Waals surface area (Å²) in [6.45, 7) is 2.13. The van der Waals surface area contributed by atoms with Crippen LogP contribution in [0.1, 0.15) is 18.9 Å². The van der Waals surface area contributed by atoms with Gasteiger partial charge in [0, 0.05) is 25.6 Å². The molecule has 1 fully saturated rings. The van der Waals surface area contributed by atoms with Gasteiger partial charge < -0.3 is 15.5 Å². The van der Waals surface area contributed by atoms with Crippen molar-refractivity contribution in [1.82, 2.24) is 14.9 Å². The lowest BCUT2D eigenvalue weighted by atomic mass is 10.1. The van der Waals surface area contributed by atoms with Crippen molar-refractivity contribution in [2.75, 3.05) is 31.3 Å². The molecule has 2 aromatic rings. The van der Waals surface area contributed by atoms with E-state index in [1.807, 2.05) is 6.92 Å². The lowest BCUT2D eigenvalue weighted by Gasteiger charge is -2.13. The van der Waals surface area contributed by atoms with Gasteiger partial charge in [0.05, 0.1) is 35.9 Å². The maximum absolute atomic E-state index is 12.0. The van der Waals surface area contributed by atoms with Gasteiger partial charge in [-0.15, -0.1) is 0 Å². The van der Waals surface area contributed by atoms with Crippen molar-refractivity contribution in [3.05, 3.63) is 36.2 Å². The summed E-state index contributed by atoms with van der Waals surface area (Å²) in [5.41, 5.74) is 2.34. The second-order valence-corrected chi connectivity index (χ2v) is 7.11. The monoisotopic (exact) mass is 378 g/mol. The number of carbonyl (C=O) groups is 2. The fraction of sp³-hybridized carbons (Fsp3) is 0.350. The molecule has 1 heterocycles. The SMILES string of the molecule is CC1CC1C(=O)Nc1cnc(-c2ccc(C#N)c(NCC(=O)N(C)C)c2)cn1. The van der Waals surface area contributed by atoms with Crippen LogP contribution < -0.4 is 10.6 Å². The fourth-order valence-electron chi connectivity index (χ4n) is 2.72. The van der Waals surface area contributed by atoms with Gasteiger partial charge in [-0.05, 0) is 24.5 Å². The summed E-state index contributed by atoms with van der Waals surface area (Å²) >= 11 is 0. The number of nitrogens with zero attached hydrogens (tertiary/aromatic N) is 4. The van der Waals surface area contributed by atoms with Crippen LogP contribution in [0.4, 0.5) is 11.5 Å². The average molecular weight is 378 g/mol. The van der Waals surface area contributed by atoms with Gasteiger partial charge in [-0.3, -0.25) is 14.6 Å². The predicted octanol–water partition coefficient (Wildman–Crippen LogP) is 2.11. The first kappa shape index (κ1) is 19.3. The summed E-state index contributed by atoms with van der Waals surface area (Å²) in [5, 5.41) is 15.1. The van der Waals surface area contributed by atoms with E-state index < -0.39 is 0 Å². The van der Waals surface area contributed by atoms with Crippen LogP contribution in [-0.2, 0) is 9.59 Å². The Bertz CT molecular complexity index is 933. The molecule has 2 unspecified atom stereocenters. The number of nitriles is 1. The second kappa shape index (κ2) is 8.05. The number of aromatic nitrogens is 2. The van der Waals surface area contributed by atoms with Gasteiger partial charge in [-0.1, -0.05) is 13.0 Å². The Balaban J connectivity index is 1.73. The van der Waals surface area contributed by atoms with E-state index in [4.69, 9.17) is 0 Å². The van der Waals surface area contributed by atoms with Crippen molar-refractivity contribution in [3.63, 3.8) is 0 Å². The molecule has 8 nitrogen and oxygen atoms in total. The number of benzene rings is 1. The van der Waals surface area contributed by atoms with E-state index in [0.29, 0.717) is 28.7 Å². The molecule has 2 amide bonds. The molecular formula is C20H22N6O2. The number of rotatable bonds is 6. The Labute approximate surface area is 163 Å². The normalized spacial score (nSPS) is 17.4. The minimum absolute atomic E-state index is 0.0232. The number of hydrogen-bond acceptors (Lipinski definition) is 6. The van der Waals surface area contributed by atoms with E-state index in [0.717, 1.165) is 12.0 Å². The molecule has 2 N–H and O–H groups in total. The van der Waals surface area contributed by atoms with Crippen molar-refractivity contribution >= 4 is 23.3 Å². The first-order chi connectivity index (χ1) is 13.4. The molecule has 0 radical (unpaired) electrons. The maximum atomic E-state index is 12.0. The van der Waals surface area contributed by atoms with Crippen LogP contribution in [0.5, 0.6) is 0 Å². The molecule has 144 valence electrons. The molecule has 0 aliphatic heterocycles. The molecule has 0 spiro atoms. The van der Waals surface area contributed by atoms with Crippen LogP contribution in [-0.4, -0.2) is 47.3 Å². The highest BCUT2D eigenvalue weighted by Crippen LogP contribution is 2.38. The molecule has 1 saturated carbocycles. The molecule has 1 aromatic heterocycles. The summed E-state index contributed by atoms with van der Waals surface area (Å²) in [6, 6.07) is 7.31. The first-order valence-corrected chi connectivity index (χ1v) is 9.00. The summed E-state index contributed by atoms with van der Waals surface area (Å²) in [5.74, 6) is 0.787. The molecular weight excluding hydrogens is 356 g/mol. The number of anilines is 2.